The van der Waals surface area contributed by atoms with Crippen molar-refractivity contribution in [3.63, 3.8) is 0 Å². The molecule has 0 saturated carbocycles. The fourth-order valence-electron chi connectivity index (χ4n) is 4.17. The molecule has 38 heavy (non-hydrogen) atoms. The minimum atomic E-state index is -0.339. The van der Waals surface area contributed by atoms with Gasteiger partial charge in [-0.05, 0) is 36.1 Å². The van der Waals surface area contributed by atoms with E-state index in [9.17, 15) is 4.79 Å². The lowest BCUT2D eigenvalue weighted by molar-refractivity contribution is 0.0501. The van der Waals surface area contributed by atoms with E-state index in [1.165, 1.54) is 44.9 Å². The first-order valence-corrected chi connectivity index (χ1v) is 14.5. The molecule has 6 heteroatoms. The van der Waals surface area contributed by atoms with Gasteiger partial charge >= 0.3 is 5.97 Å². The quantitative estimate of drug-likeness (QED) is 0.0978. The first-order chi connectivity index (χ1) is 18.6. The van der Waals surface area contributed by atoms with Gasteiger partial charge in [-0.1, -0.05) is 102 Å². The van der Waals surface area contributed by atoms with Gasteiger partial charge < -0.3 is 9.47 Å². The predicted molar refractivity (Wildman–Crippen MR) is 156 cm³/mol. The molecule has 204 valence electrons. The number of nitrogens with zero attached hydrogens (tertiary/aromatic N) is 2. The van der Waals surface area contributed by atoms with E-state index in [-0.39, 0.29) is 18.0 Å². The van der Waals surface area contributed by atoms with Gasteiger partial charge in [0.1, 0.15) is 6.61 Å². The SMILES string of the molecule is CCCCCCCC(Cl)COC(=O)c1ccc(-c2ccc(-c3ncc(OCCCCCC)cn3)cc2)cc1. The van der Waals surface area contributed by atoms with Gasteiger partial charge in [0.2, 0.25) is 0 Å². The van der Waals surface area contributed by atoms with E-state index in [0.29, 0.717) is 23.7 Å². The summed E-state index contributed by atoms with van der Waals surface area (Å²) in [5.74, 6) is 1.02. The highest BCUT2D eigenvalue weighted by atomic mass is 35.5. The van der Waals surface area contributed by atoms with Crippen molar-refractivity contribution in [3.05, 3.63) is 66.5 Å². The number of carbonyl (C=O) groups is 1. The van der Waals surface area contributed by atoms with Crippen molar-refractivity contribution in [3.8, 4) is 28.3 Å². The Morgan fingerprint density at radius 3 is 1.95 bits per heavy atom. The zero-order chi connectivity index (χ0) is 27.0. The van der Waals surface area contributed by atoms with Gasteiger partial charge in [-0.15, -0.1) is 11.6 Å². The van der Waals surface area contributed by atoms with Crippen LogP contribution in [-0.4, -0.2) is 34.5 Å². The number of alkyl halides is 1. The maximum Gasteiger partial charge on any atom is 0.338 e. The summed E-state index contributed by atoms with van der Waals surface area (Å²) in [6.45, 7) is 5.34. The van der Waals surface area contributed by atoms with Crippen LogP contribution in [0, 0.1) is 0 Å². The third-order valence-electron chi connectivity index (χ3n) is 6.51. The molecule has 0 fully saturated rings. The van der Waals surface area contributed by atoms with Crippen LogP contribution in [0.25, 0.3) is 22.5 Å². The van der Waals surface area contributed by atoms with E-state index in [2.05, 4.69) is 23.8 Å². The molecule has 3 aromatic rings. The molecule has 0 amide bonds. The average molecular weight is 537 g/mol. The van der Waals surface area contributed by atoms with Crippen molar-refractivity contribution in [2.45, 2.75) is 83.4 Å². The van der Waals surface area contributed by atoms with E-state index in [0.717, 1.165) is 36.0 Å². The number of ether oxygens (including phenoxy) is 2. The molecule has 0 N–H and O–H groups in total. The number of hydrogen-bond donors (Lipinski definition) is 0. The molecule has 0 bridgehead atoms. The molecule has 0 aliphatic rings. The van der Waals surface area contributed by atoms with Gasteiger partial charge in [0.05, 0.1) is 29.9 Å². The van der Waals surface area contributed by atoms with Gasteiger partial charge in [-0.3, -0.25) is 0 Å². The van der Waals surface area contributed by atoms with Gasteiger partial charge in [-0.25, -0.2) is 14.8 Å². The van der Waals surface area contributed by atoms with E-state index in [1.807, 2.05) is 36.4 Å². The maximum absolute atomic E-state index is 12.4. The van der Waals surface area contributed by atoms with Crippen LogP contribution in [0.4, 0.5) is 0 Å². The van der Waals surface area contributed by atoms with Crippen molar-refractivity contribution in [1.29, 1.82) is 0 Å². The average Bonchev–Trinajstić information content (AvgIpc) is 2.96. The lowest BCUT2D eigenvalue weighted by Gasteiger charge is -2.11. The molecule has 1 aromatic heterocycles. The summed E-state index contributed by atoms with van der Waals surface area (Å²) in [4.78, 5) is 21.4. The molecule has 0 aliphatic carbocycles. The van der Waals surface area contributed by atoms with Crippen LogP contribution in [0.2, 0.25) is 0 Å². The van der Waals surface area contributed by atoms with E-state index in [1.54, 1.807) is 24.5 Å². The summed E-state index contributed by atoms with van der Waals surface area (Å²) >= 11 is 6.34. The number of halogens is 1. The Kier molecular flexibility index (Phi) is 13.1. The highest BCUT2D eigenvalue weighted by Crippen LogP contribution is 2.24. The first kappa shape index (κ1) is 29.6. The summed E-state index contributed by atoms with van der Waals surface area (Å²) in [5, 5.41) is -0.137. The number of carbonyl (C=O) groups excluding carboxylic acids is 1. The number of benzene rings is 2. The third kappa shape index (κ3) is 10.1. The molecule has 2 aromatic carbocycles. The topological polar surface area (TPSA) is 61.3 Å². The number of aromatic nitrogens is 2. The molecule has 1 unspecified atom stereocenters. The van der Waals surface area contributed by atoms with Crippen molar-refractivity contribution in [1.82, 2.24) is 9.97 Å². The van der Waals surface area contributed by atoms with Crippen LogP contribution < -0.4 is 4.74 Å². The molecule has 5 nitrogen and oxygen atoms in total. The Bertz CT molecular complexity index is 1070. The zero-order valence-corrected chi connectivity index (χ0v) is 23.6. The Morgan fingerprint density at radius 1 is 0.763 bits per heavy atom. The van der Waals surface area contributed by atoms with Gasteiger partial charge in [-0.2, -0.15) is 0 Å². The second-order valence-corrected chi connectivity index (χ2v) is 10.3. The Labute approximate surface area is 233 Å². The predicted octanol–water partition coefficient (Wildman–Crippen LogP) is 8.89. The summed E-state index contributed by atoms with van der Waals surface area (Å²) < 4.78 is 11.2. The minimum Gasteiger partial charge on any atom is -0.490 e. The number of esters is 1. The fraction of sp³-hybridized carbons (Fsp3) is 0.469. The normalized spacial score (nSPS) is 11.8. The lowest BCUT2D eigenvalue weighted by Crippen LogP contribution is -2.14. The van der Waals surface area contributed by atoms with Gasteiger partial charge in [0.25, 0.3) is 0 Å². The van der Waals surface area contributed by atoms with Crippen LogP contribution >= 0.6 is 11.6 Å². The number of hydrogen-bond acceptors (Lipinski definition) is 5. The zero-order valence-electron chi connectivity index (χ0n) is 22.8. The highest BCUT2D eigenvalue weighted by molar-refractivity contribution is 6.20. The molecule has 0 radical (unpaired) electrons. The number of rotatable bonds is 17. The van der Waals surface area contributed by atoms with E-state index >= 15 is 0 Å². The van der Waals surface area contributed by atoms with Crippen LogP contribution in [-0.2, 0) is 4.74 Å². The second-order valence-electron chi connectivity index (χ2n) is 9.70. The third-order valence-corrected chi connectivity index (χ3v) is 6.85. The van der Waals surface area contributed by atoms with Gasteiger partial charge in [0.15, 0.2) is 11.6 Å². The largest absolute Gasteiger partial charge is 0.490 e. The summed E-state index contributed by atoms with van der Waals surface area (Å²) in [6, 6.07) is 15.5. The smallest absolute Gasteiger partial charge is 0.338 e. The molecule has 3 rings (SSSR count). The van der Waals surface area contributed by atoms with Crippen molar-refractivity contribution < 1.29 is 14.3 Å². The van der Waals surface area contributed by atoms with Crippen LogP contribution in [0.1, 0.15) is 88.4 Å². The van der Waals surface area contributed by atoms with Crippen LogP contribution in [0.15, 0.2) is 60.9 Å². The lowest BCUT2D eigenvalue weighted by atomic mass is 10.0. The summed E-state index contributed by atoms with van der Waals surface area (Å²) in [5.41, 5.74) is 3.52. The molecular weight excluding hydrogens is 496 g/mol. The van der Waals surface area contributed by atoms with Crippen molar-refractivity contribution >= 4 is 17.6 Å². The summed E-state index contributed by atoms with van der Waals surface area (Å²) in [7, 11) is 0. The maximum atomic E-state index is 12.4. The van der Waals surface area contributed by atoms with Crippen LogP contribution in [0.3, 0.4) is 0 Å². The van der Waals surface area contributed by atoms with E-state index < -0.39 is 0 Å². The molecular formula is C32H41ClN2O3. The second kappa shape index (κ2) is 16.8. The Morgan fingerprint density at radius 2 is 1.32 bits per heavy atom. The summed E-state index contributed by atoms with van der Waals surface area (Å²) in [6.07, 6.45) is 15.0. The monoisotopic (exact) mass is 536 g/mol. The van der Waals surface area contributed by atoms with Gasteiger partial charge in [0, 0.05) is 5.56 Å². The Hall–Kier alpha value is -2.92. The molecule has 1 heterocycles. The van der Waals surface area contributed by atoms with Crippen molar-refractivity contribution in [2.24, 2.45) is 0 Å². The molecule has 0 saturated heterocycles. The van der Waals surface area contributed by atoms with Crippen molar-refractivity contribution in [2.75, 3.05) is 13.2 Å². The molecule has 0 spiro atoms. The van der Waals surface area contributed by atoms with Crippen LogP contribution in [0.5, 0.6) is 5.75 Å². The number of unbranched alkanes of at least 4 members (excludes halogenated alkanes) is 7. The Balaban J connectivity index is 1.46. The molecule has 1 atom stereocenters. The minimum absolute atomic E-state index is 0.137. The van der Waals surface area contributed by atoms with E-state index in [4.69, 9.17) is 21.1 Å². The standard InChI is InChI=1S/C32H41ClN2O3/c1-3-5-7-9-10-12-29(33)24-38-32(36)28-19-15-26(16-20-28)25-13-17-27(18-14-25)31-34-22-30(23-35-31)37-21-11-8-6-4-2/h13-20,22-23,29H,3-12,21,24H2,1-2H3. The molecule has 0 aliphatic heterocycles. The fourth-order valence-corrected chi connectivity index (χ4v) is 4.39. The highest BCUT2D eigenvalue weighted by Gasteiger charge is 2.12. The first-order valence-electron chi connectivity index (χ1n) is 14.1.